The summed E-state index contributed by atoms with van der Waals surface area (Å²) in [6.07, 6.45) is 0.497. The van der Waals surface area contributed by atoms with E-state index in [-0.39, 0.29) is 0 Å². The monoisotopic (exact) mass is 248 g/mol. The van der Waals surface area contributed by atoms with Gasteiger partial charge in [-0.15, -0.1) is 0 Å². The maximum Gasteiger partial charge on any atom is 0.382 e. The van der Waals surface area contributed by atoms with Gasteiger partial charge in [0.1, 0.15) is 0 Å². The first kappa shape index (κ1) is 13.3. The summed E-state index contributed by atoms with van der Waals surface area (Å²) in [6.45, 7) is 3.39. The summed E-state index contributed by atoms with van der Waals surface area (Å²) in [5.41, 5.74) is 0.243. The minimum atomic E-state index is -4.13. The molecule has 0 saturated heterocycles. The van der Waals surface area contributed by atoms with Gasteiger partial charge in [-0.2, -0.15) is 13.2 Å². The molecule has 0 amide bonds. The summed E-state index contributed by atoms with van der Waals surface area (Å²) in [7, 11) is -2.47. The lowest BCUT2D eigenvalue weighted by molar-refractivity contribution is -0.0693. The van der Waals surface area contributed by atoms with Crippen molar-refractivity contribution in [1.82, 2.24) is 0 Å². The van der Waals surface area contributed by atoms with Crippen LogP contribution in [0, 0.1) is 0 Å². The predicted molar refractivity (Wildman–Crippen MR) is 59.9 cm³/mol. The van der Waals surface area contributed by atoms with Crippen molar-refractivity contribution < 1.29 is 17.6 Å². The van der Waals surface area contributed by atoms with Crippen LogP contribution in [0.15, 0.2) is 30.3 Å². The molecule has 1 nitrogen and oxygen atoms in total. The molecule has 0 N–H and O–H groups in total. The fourth-order valence-corrected chi connectivity index (χ4v) is 2.07. The summed E-state index contributed by atoms with van der Waals surface area (Å²) in [5, 5.41) is 0. The van der Waals surface area contributed by atoms with Crippen molar-refractivity contribution in [2.75, 3.05) is 0 Å². The van der Waals surface area contributed by atoms with Gasteiger partial charge in [-0.25, -0.2) is 0 Å². The predicted octanol–water partition coefficient (Wildman–Crippen LogP) is 2.63. The standard InChI is InChI=1S/C11H15F3OSi/c1-10(2,15-16-11(12,13)14)8-9-6-4-3-5-7-9/h3-7H,8,16H2,1-2H3. The number of benzene rings is 1. The number of alkyl halides is 3. The van der Waals surface area contributed by atoms with Crippen LogP contribution in [-0.4, -0.2) is 21.2 Å². The van der Waals surface area contributed by atoms with Crippen molar-refractivity contribution in [3.63, 3.8) is 0 Å². The Kier molecular flexibility index (Phi) is 4.15. The van der Waals surface area contributed by atoms with Gasteiger partial charge in [0.15, 0.2) is 0 Å². The molecule has 0 radical (unpaired) electrons. The third-order valence-electron chi connectivity index (χ3n) is 2.10. The van der Waals surface area contributed by atoms with E-state index in [0.29, 0.717) is 6.42 Å². The molecular weight excluding hydrogens is 233 g/mol. The lowest BCUT2D eigenvalue weighted by atomic mass is 9.99. The first-order chi connectivity index (χ1) is 7.29. The number of halogens is 3. The molecule has 0 atom stereocenters. The molecule has 0 aromatic heterocycles. The molecule has 0 aliphatic rings. The third kappa shape index (κ3) is 5.32. The maximum atomic E-state index is 12.1. The van der Waals surface area contributed by atoms with E-state index in [4.69, 9.17) is 4.43 Å². The average Bonchev–Trinajstić information content (AvgIpc) is 2.15. The molecule has 0 heterocycles. The average molecular weight is 248 g/mol. The van der Waals surface area contributed by atoms with Crippen LogP contribution in [0.3, 0.4) is 0 Å². The van der Waals surface area contributed by atoms with Gasteiger partial charge in [-0.3, -0.25) is 0 Å². The van der Waals surface area contributed by atoms with E-state index >= 15 is 0 Å². The van der Waals surface area contributed by atoms with Gasteiger partial charge >= 0.3 is 5.80 Å². The van der Waals surface area contributed by atoms with Gasteiger partial charge in [0.2, 0.25) is 0 Å². The largest absolute Gasteiger partial charge is 0.408 e. The molecule has 5 heteroatoms. The number of hydrogen-bond donors (Lipinski definition) is 0. The van der Waals surface area contributed by atoms with Gasteiger partial charge in [0, 0.05) is 0 Å². The highest BCUT2D eigenvalue weighted by molar-refractivity contribution is 6.30. The van der Waals surface area contributed by atoms with Gasteiger partial charge < -0.3 is 4.43 Å². The zero-order valence-corrected chi connectivity index (χ0v) is 10.8. The summed E-state index contributed by atoms with van der Waals surface area (Å²) >= 11 is 0. The molecular formula is C11H15F3OSi. The smallest absolute Gasteiger partial charge is 0.382 e. The number of rotatable bonds is 4. The molecule has 0 saturated carbocycles. The van der Waals surface area contributed by atoms with Crippen molar-refractivity contribution in [2.45, 2.75) is 31.7 Å². The normalized spacial score (nSPS) is 13.6. The minimum Gasteiger partial charge on any atom is -0.408 e. The Bertz CT molecular complexity index is 322. The van der Waals surface area contributed by atoms with E-state index in [1.807, 2.05) is 30.3 Å². The molecule has 0 aliphatic carbocycles. The van der Waals surface area contributed by atoms with Crippen molar-refractivity contribution in [2.24, 2.45) is 0 Å². The van der Waals surface area contributed by atoms with Crippen molar-refractivity contribution in [3.05, 3.63) is 35.9 Å². The third-order valence-corrected chi connectivity index (χ3v) is 3.35. The summed E-state index contributed by atoms with van der Waals surface area (Å²) < 4.78 is 41.2. The highest BCUT2D eigenvalue weighted by Crippen LogP contribution is 2.20. The zero-order valence-electron chi connectivity index (χ0n) is 9.34. The van der Waals surface area contributed by atoms with Crippen molar-refractivity contribution in [1.29, 1.82) is 0 Å². The lowest BCUT2D eigenvalue weighted by Gasteiger charge is -2.26. The van der Waals surface area contributed by atoms with Crippen LogP contribution >= 0.6 is 0 Å². The second kappa shape index (κ2) is 5.01. The Labute approximate surface area is 95.6 Å². The first-order valence-electron chi connectivity index (χ1n) is 5.03. The van der Waals surface area contributed by atoms with Gasteiger partial charge in [0.05, 0.1) is 5.60 Å². The minimum absolute atomic E-state index is 0.497. The molecule has 0 spiro atoms. The topological polar surface area (TPSA) is 9.23 Å². The maximum absolute atomic E-state index is 12.1. The van der Waals surface area contributed by atoms with E-state index in [9.17, 15) is 13.2 Å². The van der Waals surface area contributed by atoms with E-state index in [1.165, 1.54) is 0 Å². The second-order valence-corrected chi connectivity index (χ2v) is 5.71. The van der Waals surface area contributed by atoms with Crippen LogP contribution in [0.5, 0.6) is 0 Å². The lowest BCUT2D eigenvalue weighted by Crippen LogP contribution is -2.35. The molecule has 90 valence electrons. The molecule has 0 unspecified atom stereocenters. The highest BCUT2D eigenvalue weighted by atomic mass is 28.2. The van der Waals surface area contributed by atoms with Crippen LogP contribution in [-0.2, 0) is 10.8 Å². The summed E-state index contributed by atoms with van der Waals surface area (Å²) in [5.74, 6) is -4.13. The van der Waals surface area contributed by atoms with Gasteiger partial charge in [0.25, 0.3) is 9.76 Å². The van der Waals surface area contributed by atoms with Crippen LogP contribution in [0.2, 0.25) is 0 Å². The molecule has 1 aromatic carbocycles. The molecule has 1 rings (SSSR count). The van der Waals surface area contributed by atoms with Crippen LogP contribution in [0.1, 0.15) is 19.4 Å². The molecule has 16 heavy (non-hydrogen) atoms. The fourth-order valence-electron chi connectivity index (χ4n) is 1.42. The summed E-state index contributed by atoms with van der Waals surface area (Å²) in [6, 6.07) is 9.39. The fraction of sp³-hybridized carbons (Fsp3) is 0.455. The van der Waals surface area contributed by atoms with E-state index < -0.39 is 21.2 Å². The number of hydrogen-bond acceptors (Lipinski definition) is 1. The van der Waals surface area contributed by atoms with Crippen LogP contribution in [0.25, 0.3) is 0 Å². The van der Waals surface area contributed by atoms with E-state index in [0.717, 1.165) is 5.56 Å². The van der Waals surface area contributed by atoms with Crippen LogP contribution in [0.4, 0.5) is 13.2 Å². The second-order valence-electron chi connectivity index (χ2n) is 4.33. The zero-order chi connectivity index (χ0) is 12.2. The quantitative estimate of drug-likeness (QED) is 0.744. The van der Waals surface area contributed by atoms with Crippen molar-refractivity contribution in [3.8, 4) is 0 Å². The molecule has 0 fully saturated rings. The molecule has 0 aliphatic heterocycles. The summed E-state index contributed by atoms with van der Waals surface area (Å²) in [4.78, 5) is 0. The van der Waals surface area contributed by atoms with E-state index in [2.05, 4.69) is 0 Å². The van der Waals surface area contributed by atoms with Gasteiger partial charge in [-0.1, -0.05) is 30.3 Å². The SMILES string of the molecule is CC(C)(Cc1ccccc1)O[SiH2]C(F)(F)F. The first-order valence-corrected chi connectivity index (χ1v) is 6.32. The Balaban J connectivity index is 2.52. The Morgan fingerprint density at radius 1 is 1.12 bits per heavy atom. The van der Waals surface area contributed by atoms with Crippen LogP contribution < -0.4 is 0 Å². The molecule has 1 aromatic rings. The Hall–Kier alpha value is -0.813. The highest BCUT2D eigenvalue weighted by Gasteiger charge is 2.32. The van der Waals surface area contributed by atoms with Gasteiger partial charge in [-0.05, 0) is 25.8 Å². The molecule has 0 bridgehead atoms. The Morgan fingerprint density at radius 3 is 2.19 bits per heavy atom. The van der Waals surface area contributed by atoms with E-state index in [1.54, 1.807) is 13.8 Å². The Morgan fingerprint density at radius 2 is 1.69 bits per heavy atom. The van der Waals surface area contributed by atoms with Crippen molar-refractivity contribution >= 4 is 9.76 Å².